The van der Waals surface area contributed by atoms with Crippen LogP contribution >= 0.6 is 0 Å². The average molecular weight is 480 g/mol. The average Bonchev–Trinajstić information content (AvgIpc) is 3.67. The van der Waals surface area contributed by atoms with Crippen molar-refractivity contribution in [2.24, 2.45) is 0 Å². The summed E-state index contributed by atoms with van der Waals surface area (Å²) in [6.07, 6.45) is 3.05. The number of nitrogens with zero attached hydrogens (tertiary/aromatic N) is 3. The number of carbonyl (C=O) groups excluding carboxylic acids is 2. The Bertz CT molecular complexity index is 1100. The van der Waals surface area contributed by atoms with E-state index in [1.54, 1.807) is 36.0 Å². The third kappa shape index (κ3) is 5.30. The van der Waals surface area contributed by atoms with E-state index in [0.717, 1.165) is 24.2 Å². The quantitative estimate of drug-likeness (QED) is 0.536. The summed E-state index contributed by atoms with van der Waals surface area (Å²) in [5, 5.41) is 0. The van der Waals surface area contributed by atoms with Gasteiger partial charge in [0.25, 0.3) is 0 Å². The van der Waals surface area contributed by atoms with Crippen LogP contribution in [0.5, 0.6) is 11.5 Å². The van der Waals surface area contributed by atoms with Gasteiger partial charge in [-0.3, -0.25) is 9.69 Å². The molecule has 0 aromatic heterocycles. The number of carbonyl (C=O) groups is 2. The van der Waals surface area contributed by atoms with Crippen LogP contribution < -0.4 is 19.3 Å². The van der Waals surface area contributed by atoms with Crippen molar-refractivity contribution in [2.75, 3.05) is 37.0 Å². The minimum absolute atomic E-state index is 0.0413. The van der Waals surface area contributed by atoms with Crippen LogP contribution in [0.3, 0.4) is 0 Å². The first kappa shape index (κ1) is 25.0. The molecule has 4 rings (SSSR count). The summed E-state index contributed by atoms with van der Waals surface area (Å²) in [5.41, 5.74) is 3.58. The molecule has 1 fully saturated rings. The molecule has 1 aliphatic carbocycles. The van der Waals surface area contributed by atoms with E-state index >= 15 is 0 Å². The van der Waals surface area contributed by atoms with Gasteiger partial charge in [0.2, 0.25) is 5.91 Å². The molecule has 0 bridgehead atoms. The minimum atomic E-state index is -0.481. The first-order valence-corrected chi connectivity index (χ1v) is 12.5. The molecular weight excluding hydrogens is 442 g/mol. The zero-order valence-corrected chi connectivity index (χ0v) is 21.7. The lowest BCUT2D eigenvalue weighted by atomic mass is 9.93. The summed E-state index contributed by atoms with van der Waals surface area (Å²) in [5.74, 6) is 1.18. The molecule has 2 aromatic rings. The highest BCUT2D eigenvalue weighted by atomic mass is 16.6. The third-order valence-corrected chi connectivity index (χ3v) is 7.16. The Morgan fingerprint density at radius 3 is 2.49 bits per heavy atom. The Hall–Kier alpha value is -3.06. The molecule has 2 aliphatic rings. The normalized spacial score (nSPS) is 18.3. The lowest BCUT2D eigenvalue weighted by Crippen LogP contribution is -2.52. The van der Waals surface area contributed by atoms with Gasteiger partial charge in [0.1, 0.15) is 0 Å². The molecule has 0 saturated heterocycles. The van der Waals surface area contributed by atoms with E-state index in [0.29, 0.717) is 35.7 Å². The number of aryl methyl sites for hydroxylation is 1. The van der Waals surface area contributed by atoms with E-state index in [4.69, 9.17) is 9.47 Å². The molecule has 7 nitrogen and oxygen atoms in total. The van der Waals surface area contributed by atoms with Crippen LogP contribution in [0.2, 0.25) is 0 Å². The second kappa shape index (κ2) is 10.3. The van der Waals surface area contributed by atoms with Crippen LogP contribution in [0.25, 0.3) is 0 Å². The molecule has 1 unspecified atom stereocenters. The fraction of sp³-hybridized carbons (Fsp3) is 0.500. The highest BCUT2D eigenvalue weighted by Gasteiger charge is 2.36. The number of anilines is 2. The Morgan fingerprint density at radius 2 is 1.86 bits per heavy atom. The maximum atomic E-state index is 13.5. The predicted octanol–water partition coefficient (Wildman–Crippen LogP) is 5.35. The highest BCUT2D eigenvalue weighted by Crippen LogP contribution is 2.40. The van der Waals surface area contributed by atoms with Crippen molar-refractivity contribution in [3.63, 3.8) is 0 Å². The van der Waals surface area contributed by atoms with Crippen LogP contribution in [-0.4, -0.2) is 56.2 Å². The highest BCUT2D eigenvalue weighted by molar-refractivity contribution is 6.02. The van der Waals surface area contributed by atoms with Gasteiger partial charge >= 0.3 is 6.09 Å². The van der Waals surface area contributed by atoms with Crippen LogP contribution in [0, 0.1) is 6.92 Å². The monoisotopic (exact) mass is 479 g/mol. The topological polar surface area (TPSA) is 62.3 Å². The molecule has 1 aliphatic heterocycles. The summed E-state index contributed by atoms with van der Waals surface area (Å²) >= 11 is 0. The molecule has 35 heavy (non-hydrogen) atoms. The number of rotatable bonds is 7. The largest absolute Gasteiger partial charge is 0.493 e. The molecule has 0 N–H and O–H groups in total. The van der Waals surface area contributed by atoms with Gasteiger partial charge in [-0.05, 0) is 81.5 Å². The zero-order chi connectivity index (χ0) is 25.3. The van der Waals surface area contributed by atoms with E-state index < -0.39 is 6.09 Å². The molecule has 7 heteroatoms. The van der Waals surface area contributed by atoms with Gasteiger partial charge in [0.05, 0.1) is 24.5 Å². The number of amides is 2. The second-order valence-corrected chi connectivity index (χ2v) is 9.90. The van der Waals surface area contributed by atoms with E-state index in [2.05, 4.69) is 31.0 Å². The van der Waals surface area contributed by atoms with Gasteiger partial charge in [-0.15, -0.1) is 0 Å². The summed E-state index contributed by atoms with van der Waals surface area (Å²) in [6.45, 7) is 8.98. The van der Waals surface area contributed by atoms with Crippen LogP contribution in [0.1, 0.15) is 57.1 Å². The van der Waals surface area contributed by atoms with Crippen LogP contribution in [-0.2, 0) is 4.79 Å². The summed E-state index contributed by atoms with van der Waals surface area (Å²) in [6, 6.07) is 12.2. The number of benzene rings is 2. The number of methoxy groups -OCH3 is 1. The van der Waals surface area contributed by atoms with Crippen molar-refractivity contribution < 1.29 is 19.1 Å². The van der Waals surface area contributed by atoms with Crippen molar-refractivity contribution >= 4 is 23.4 Å². The first-order valence-electron chi connectivity index (χ1n) is 12.5. The van der Waals surface area contributed by atoms with Crippen LogP contribution in [0.4, 0.5) is 16.2 Å². The number of hydrogen-bond donors (Lipinski definition) is 0. The van der Waals surface area contributed by atoms with Crippen molar-refractivity contribution in [1.29, 1.82) is 0 Å². The van der Waals surface area contributed by atoms with Gasteiger partial charge in [-0.25, -0.2) is 4.79 Å². The van der Waals surface area contributed by atoms with Gasteiger partial charge in [0, 0.05) is 26.1 Å². The maximum Gasteiger partial charge on any atom is 0.420 e. The SMILES string of the molecule is CCC(CN(C)C1CC1)c1ccc2c(c1)N(C(=O)Oc1cc(C)ccc1OC)C[C@H](C)N2C(C)=O. The number of fused-ring (bicyclic) bond motifs is 1. The van der Waals surface area contributed by atoms with Gasteiger partial charge in [0.15, 0.2) is 11.5 Å². The molecular formula is C28H37N3O4. The van der Waals surface area contributed by atoms with Gasteiger partial charge in [-0.1, -0.05) is 19.1 Å². The lowest BCUT2D eigenvalue weighted by Gasteiger charge is -2.40. The molecule has 0 spiro atoms. The lowest BCUT2D eigenvalue weighted by molar-refractivity contribution is -0.117. The van der Waals surface area contributed by atoms with Crippen molar-refractivity contribution in [1.82, 2.24) is 4.90 Å². The minimum Gasteiger partial charge on any atom is -0.493 e. The van der Waals surface area contributed by atoms with E-state index in [1.165, 1.54) is 18.4 Å². The second-order valence-electron chi connectivity index (χ2n) is 9.90. The van der Waals surface area contributed by atoms with E-state index in [1.807, 2.05) is 26.0 Å². The molecule has 188 valence electrons. The predicted molar refractivity (Wildman–Crippen MR) is 139 cm³/mol. The van der Waals surface area contributed by atoms with Crippen molar-refractivity contribution in [3.05, 3.63) is 47.5 Å². The number of likely N-dealkylation sites (N-methyl/N-ethyl adjacent to an activating group) is 1. The molecule has 2 aromatic carbocycles. The molecule has 0 radical (unpaired) electrons. The van der Waals surface area contributed by atoms with Crippen molar-refractivity contribution in [2.45, 2.75) is 65.0 Å². The Morgan fingerprint density at radius 1 is 1.11 bits per heavy atom. The first-order chi connectivity index (χ1) is 16.7. The fourth-order valence-corrected chi connectivity index (χ4v) is 5.04. The van der Waals surface area contributed by atoms with Gasteiger partial charge < -0.3 is 19.3 Å². The standard InChI is InChI=1S/C28H37N3O4/c1-7-21(17-29(5)23-10-11-23)22-9-12-24-25(15-22)30(16-19(3)31(24)20(4)32)28(33)35-27-14-18(2)8-13-26(27)34-6/h8-9,12-15,19,21,23H,7,10-11,16-17H2,1-6H3/t19-,21?/m0/s1. The van der Waals surface area contributed by atoms with Crippen LogP contribution in [0.15, 0.2) is 36.4 Å². The fourth-order valence-electron chi connectivity index (χ4n) is 5.04. The Kier molecular flexibility index (Phi) is 7.36. The Balaban J connectivity index is 1.69. The maximum absolute atomic E-state index is 13.5. The van der Waals surface area contributed by atoms with Crippen molar-refractivity contribution in [3.8, 4) is 11.5 Å². The summed E-state index contributed by atoms with van der Waals surface area (Å²) < 4.78 is 11.2. The Labute approximate surface area is 208 Å². The molecule has 1 heterocycles. The summed E-state index contributed by atoms with van der Waals surface area (Å²) in [4.78, 5) is 31.9. The third-order valence-electron chi connectivity index (χ3n) is 7.16. The smallest absolute Gasteiger partial charge is 0.420 e. The zero-order valence-electron chi connectivity index (χ0n) is 21.7. The number of hydrogen-bond acceptors (Lipinski definition) is 5. The van der Waals surface area contributed by atoms with E-state index in [-0.39, 0.29) is 11.9 Å². The van der Waals surface area contributed by atoms with Gasteiger partial charge in [-0.2, -0.15) is 0 Å². The molecule has 2 atom stereocenters. The summed E-state index contributed by atoms with van der Waals surface area (Å²) in [7, 11) is 3.75. The van der Waals surface area contributed by atoms with E-state index in [9.17, 15) is 9.59 Å². The molecule has 2 amide bonds. The molecule has 1 saturated carbocycles. The number of ether oxygens (including phenoxy) is 2.